The Hall–Kier alpha value is 0.490. The molecular formula is C22H45IO6. The molecule has 0 aliphatic rings. The molecule has 0 radical (unpaired) electrons. The molecule has 0 spiro atoms. The fourth-order valence-corrected chi connectivity index (χ4v) is 3.02. The Balaban J connectivity index is 2.97. The summed E-state index contributed by atoms with van der Waals surface area (Å²) in [6.07, 6.45) is 10.00. The van der Waals surface area contributed by atoms with Crippen LogP contribution in [0.2, 0.25) is 0 Å². The van der Waals surface area contributed by atoms with Crippen molar-refractivity contribution in [3.05, 3.63) is 0 Å². The van der Waals surface area contributed by atoms with Crippen LogP contribution in [0.25, 0.3) is 0 Å². The van der Waals surface area contributed by atoms with Crippen LogP contribution in [0.4, 0.5) is 0 Å². The van der Waals surface area contributed by atoms with Gasteiger partial charge in [-0.15, -0.1) is 0 Å². The first-order chi connectivity index (χ1) is 14.4. The van der Waals surface area contributed by atoms with Gasteiger partial charge in [-0.3, -0.25) is 0 Å². The van der Waals surface area contributed by atoms with Crippen LogP contribution in [-0.4, -0.2) is 83.7 Å². The van der Waals surface area contributed by atoms with Gasteiger partial charge in [0.2, 0.25) is 0 Å². The van der Waals surface area contributed by atoms with Gasteiger partial charge >= 0.3 is 0 Å². The van der Waals surface area contributed by atoms with Gasteiger partial charge in [-0.2, -0.15) is 0 Å². The lowest BCUT2D eigenvalue weighted by atomic mass is 10.2. The van der Waals surface area contributed by atoms with E-state index in [-0.39, 0.29) is 0 Å². The number of halogens is 1. The highest BCUT2D eigenvalue weighted by Crippen LogP contribution is 2.02. The Morgan fingerprint density at radius 1 is 0.379 bits per heavy atom. The maximum Gasteiger partial charge on any atom is 0.0701 e. The summed E-state index contributed by atoms with van der Waals surface area (Å²) in [6.45, 7) is 10.0. The standard InChI is InChI=1S/C22H45IO6/c1-2-3-4-8-11-24-13-15-26-17-19-28-21-22-29-20-18-27-16-14-25-12-9-6-5-7-10-23/h2-22H2,1H3. The fraction of sp³-hybridized carbons (Fsp3) is 1.00. The van der Waals surface area contributed by atoms with Crippen molar-refractivity contribution in [2.24, 2.45) is 0 Å². The molecule has 0 unspecified atom stereocenters. The molecular weight excluding hydrogens is 487 g/mol. The van der Waals surface area contributed by atoms with E-state index in [1.54, 1.807) is 0 Å². The van der Waals surface area contributed by atoms with Gasteiger partial charge in [-0.05, 0) is 23.7 Å². The van der Waals surface area contributed by atoms with Crippen LogP contribution in [-0.2, 0) is 28.4 Å². The van der Waals surface area contributed by atoms with Crippen LogP contribution in [0.5, 0.6) is 0 Å². The molecule has 0 bridgehead atoms. The second-order valence-electron chi connectivity index (χ2n) is 6.84. The molecule has 0 aromatic carbocycles. The SMILES string of the molecule is CCCCCCOCCOCCOCCOCCOCCOCCCCCCI. The van der Waals surface area contributed by atoms with E-state index in [0.29, 0.717) is 66.1 Å². The topological polar surface area (TPSA) is 55.4 Å². The highest BCUT2D eigenvalue weighted by molar-refractivity contribution is 14.1. The van der Waals surface area contributed by atoms with Crippen molar-refractivity contribution in [1.82, 2.24) is 0 Å². The molecule has 0 saturated heterocycles. The Kier molecular flexibility index (Phi) is 29.0. The molecule has 0 N–H and O–H groups in total. The van der Waals surface area contributed by atoms with Crippen LogP contribution >= 0.6 is 22.6 Å². The molecule has 0 amide bonds. The summed E-state index contributed by atoms with van der Waals surface area (Å²) in [6, 6.07) is 0. The van der Waals surface area contributed by atoms with Gasteiger partial charge in [0.1, 0.15) is 0 Å². The maximum absolute atomic E-state index is 5.54. The Morgan fingerprint density at radius 3 is 1.03 bits per heavy atom. The first-order valence-corrected chi connectivity index (χ1v) is 13.0. The molecule has 0 aromatic rings. The van der Waals surface area contributed by atoms with Gasteiger partial charge in [-0.1, -0.05) is 61.6 Å². The largest absolute Gasteiger partial charge is 0.379 e. The zero-order chi connectivity index (χ0) is 21.1. The van der Waals surface area contributed by atoms with E-state index in [9.17, 15) is 0 Å². The Morgan fingerprint density at radius 2 is 0.690 bits per heavy atom. The highest BCUT2D eigenvalue weighted by atomic mass is 127. The number of ether oxygens (including phenoxy) is 6. The van der Waals surface area contributed by atoms with E-state index >= 15 is 0 Å². The quantitative estimate of drug-likeness (QED) is 0.0918. The zero-order valence-corrected chi connectivity index (χ0v) is 20.8. The van der Waals surface area contributed by atoms with Crippen LogP contribution < -0.4 is 0 Å². The minimum atomic E-state index is 0.581. The predicted octanol–water partition coefficient (Wildman–Crippen LogP) is 4.66. The molecule has 0 saturated carbocycles. The lowest BCUT2D eigenvalue weighted by molar-refractivity contribution is -0.0169. The van der Waals surface area contributed by atoms with E-state index in [1.165, 1.54) is 43.0 Å². The molecule has 0 atom stereocenters. The number of unbranched alkanes of at least 4 members (excludes halogenated alkanes) is 6. The summed E-state index contributed by atoms with van der Waals surface area (Å²) in [5.41, 5.74) is 0. The number of hydrogen-bond donors (Lipinski definition) is 0. The van der Waals surface area contributed by atoms with Crippen LogP contribution in [0, 0.1) is 0 Å². The van der Waals surface area contributed by atoms with Crippen molar-refractivity contribution in [3.8, 4) is 0 Å². The minimum absolute atomic E-state index is 0.581. The smallest absolute Gasteiger partial charge is 0.0701 e. The Bertz CT molecular complexity index is 258. The van der Waals surface area contributed by atoms with Crippen molar-refractivity contribution in [2.45, 2.75) is 58.3 Å². The van der Waals surface area contributed by atoms with E-state index in [2.05, 4.69) is 29.5 Å². The summed E-state index contributed by atoms with van der Waals surface area (Å²) in [5, 5.41) is 0. The summed E-state index contributed by atoms with van der Waals surface area (Å²) in [4.78, 5) is 0. The number of alkyl halides is 1. The third-order valence-electron chi connectivity index (χ3n) is 4.17. The molecule has 0 fully saturated rings. The maximum atomic E-state index is 5.54. The second-order valence-corrected chi connectivity index (χ2v) is 7.92. The molecule has 7 heteroatoms. The van der Waals surface area contributed by atoms with E-state index in [0.717, 1.165) is 26.1 Å². The normalized spacial score (nSPS) is 11.4. The molecule has 6 nitrogen and oxygen atoms in total. The third-order valence-corrected chi connectivity index (χ3v) is 4.94. The predicted molar refractivity (Wildman–Crippen MR) is 126 cm³/mol. The fourth-order valence-electron chi connectivity index (χ4n) is 2.48. The van der Waals surface area contributed by atoms with Crippen molar-refractivity contribution < 1.29 is 28.4 Å². The van der Waals surface area contributed by atoms with Gasteiger partial charge in [0.25, 0.3) is 0 Å². The molecule has 0 heterocycles. The van der Waals surface area contributed by atoms with Crippen LogP contribution in [0.1, 0.15) is 58.3 Å². The Labute approximate surface area is 192 Å². The third kappa shape index (κ3) is 28.5. The molecule has 0 rings (SSSR count). The van der Waals surface area contributed by atoms with E-state index < -0.39 is 0 Å². The second kappa shape index (κ2) is 28.5. The molecule has 0 aliphatic carbocycles. The number of rotatable bonds is 26. The van der Waals surface area contributed by atoms with Gasteiger partial charge in [0.05, 0.1) is 66.1 Å². The average molecular weight is 533 g/mol. The number of hydrogen-bond acceptors (Lipinski definition) is 6. The van der Waals surface area contributed by atoms with Gasteiger partial charge in [0, 0.05) is 13.2 Å². The lowest BCUT2D eigenvalue weighted by Crippen LogP contribution is -2.14. The van der Waals surface area contributed by atoms with Crippen molar-refractivity contribution >= 4 is 22.6 Å². The molecule has 0 aliphatic heterocycles. The first-order valence-electron chi connectivity index (χ1n) is 11.4. The van der Waals surface area contributed by atoms with Crippen LogP contribution in [0.15, 0.2) is 0 Å². The lowest BCUT2D eigenvalue weighted by Gasteiger charge is -2.08. The van der Waals surface area contributed by atoms with Crippen molar-refractivity contribution in [3.63, 3.8) is 0 Å². The highest BCUT2D eigenvalue weighted by Gasteiger charge is 1.95. The summed E-state index contributed by atoms with van der Waals surface area (Å²) < 4.78 is 34.2. The molecule has 0 aromatic heterocycles. The van der Waals surface area contributed by atoms with E-state index in [1.807, 2.05) is 0 Å². The first kappa shape index (κ1) is 29.5. The minimum Gasteiger partial charge on any atom is -0.379 e. The van der Waals surface area contributed by atoms with Gasteiger partial charge in [-0.25, -0.2) is 0 Å². The van der Waals surface area contributed by atoms with Crippen molar-refractivity contribution in [2.75, 3.05) is 83.7 Å². The zero-order valence-electron chi connectivity index (χ0n) is 18.7. The van der Waals surface area contributed by atoms with E-state index in [4.69, 9.17) is 28.4 Å². The average Bonchev–Trinajstić information content (AvgIpc) is 2.74. The monoisotopic (exact) mass is 532 g/mol. The summed E-state index contributed by atoms with van der Waals surface area (Å²) in [5.74, 6) is 0. The molecule has 29 heavy (non-hydrogen) atoms. The van der Waals surface area contributed by atoms with Crippen molar-refractivity contribution in [1.29, 1.82) is 0 Å². The summed E-state index contributed by atoms with van der Waals surface area (Å²) in [7, 11) is 0. The van der Waals surface area contributed by atoms with Crippen LogP contribution in [0.3, 0.4) is 0 Å². The molecule has 176 valence electrons. The summed E-state index contributed by atoms with van der Waals surface area (Å²) >= 11 is 2.42. The van der Waals surface area contributed by atoms with Gasteiger partial charge < -0.3 is 28.4 Å². The van der Waals surface area contributed by atoms with Gasteiger partial charge in [0.15, 0.2) is 0 Å².